The van der Waals surface area contributed by atoms with Gasteiger partial charge in [0.2, 0.25) is 18.3 Å². The number of aromatic nitrogens is 2. The number of carbonyl (C=O) groups is 1. The zero-order chi connectivity index (χ0) is 24.1. The predicted octanol–water partition coefficient (Wildman–Crippen LogP) is 4.74. The fourth-order valence-corrected chi connectivity index (χ4v) is 4.58. The van der Waals surface area contributed by atoms with Crippen molar-refractivity contribution in [3.05, 3.63) is 29.3 Å². The molecule has 1 aromatic heterocycles. The van der Waals surface area contributed by atoms with E-state index in [0.29, 0.717) is 0 Å². The first kappa shape index (κ1) is 23.8. The van der Waals surface area contributed by atoms with Crippen molar-refractivity contribution >= 4 is 16.9 Å². The number of benzene rings is 1. The van der Waals surface area contributed by atoms with E-state index in [1.165, 1.54) is 6.07 Å². The van der Waals surface area contributed by atoms with E-state index in [0.717, 1.165) is 11.0 Å². The van der Waals surface area contributed by atoms with Gasteiger partial charge in [0.15, 0.2) is 5.82 Å². The zero-order valence-corrected chi connectivity index (χ0v) is 17.4. The maximum absolute atomic E-state index is 15.3. The summed E-state index contributed by atoms with van der Waals surface area (Å²) in [5.41, 5.74) is 5.77. The van der Waals surface area contributed by atoms with E-state index in [2.05, 4.69) is 9.97 Å². The molecule has 5 nitrogen and oxygen atoms in total. The van der Waals surface area contributed by atoms with Crippen LogP contribution in [0.2, 0.25) is 0 Å². The van der Waals surface area contributed by atoms with Crippen molar-refractivity contribution in [2.75, 3.05) is 13.1 Å². The summed E-state index contributed by atoms with van der Waals surface area (Å²) in [6.45, 7) is -1.81. The van der Waals surface area contributed by atoms with Crippen LogP contribution in [0, 0.1) is 11.7 Å². The lowest BCUT2D eigenvalue weighted by Crippen LogP contribution is -2.59. The topological polar surface area (TPSA) is 75.0 Å². The van der Waals surface area contributed by atoms with Crippen LogP contribution in [0.5, 0.6) is 0 Å². The van der Waals surface area contributed by atoms with Gasteiger partial charge in [-0.1, -0.05) is 6.07 Å². The highest BCUT2D eigenvalue weighted by molar-refractivity contribution is 5.87. The van der Waals surface area contributed by atoms with Crippen LogP contribution in [0.3, 0.4) is 0 Å². The second kappa shape index (κ2) is 8.44. The molecule has 1 aliphatic heterocycles. The van der Waals surface area contributed by atoms with Crippen LogP contribution in [0.1, 0.15) is 55.5 Å². The molecule has 0 unspecified atom stereocenters. The number of rotatable bonds is 6. The molecule has 12 heteroatoms. The van der Waals surface area contributed by atoms with Gasteiger partial charge in [-0.3, -0.25) is 4.79 Å². The second-order valence-corrected chi connectivity index (χ2v) is 8.94. The van der Waals surface area contributed by atoms with Gasteiger partial charge in [0.1, 0.15) is 11.3 Å². The maximum atomic E-state index is 15.3. The Bertz CT molecular complexity index is 1020. The first-order valence-electron chi connectivity index (χ1n) is 10.6. The summed E-state index contributed by atoms with van der Waals surface area (Å²) < 4.78 is 94.8. The van der Waals surface area contributed by atoms with Gasteiger partial charge in [-0.05, 0) is 24.8 Å². The molecule has 1 saturated heterocycles. The molecule has 33 heavy (non-hydrogen) atoms. The lowest BCUT2D eigenvalue weighted by atomic mass is 9.82. The Morgan fingerprint density at radius 1 is 1.15 bits per heavy atom. The van der Waals surface area contributed by atoms with Gasteiger partial charge in [-0.15, -0.1) is 0 Å². The number of H-pyrrole nitrogens is 1. The van der Waals surface area contributed by atoms with E-state index in [1.807, 2.05) is 0 Å². The number of likely N-dealkylation sites (tertiary alicyclic amines) is 1. The van der Waals surface area contributed by atoms with Crippen LogP contribution in [0.15, 0.2) is 12.1 Å². The third-order valence-corrected chi connectivity index (χ3v) is 6.47. The Balaban J connectivity index is 1.60. The van der Waals surface area contributed by atoms with Crippen LogP contribution in [0.25, 0.3) is 11.0 Å². The van der Waals surface area contributed by atoms with E-state index >= 15 is 4.39 Å². The highest BCUT2D eigenvalue weighted by atomic mass is 19.3. The summed E-state index contributed by atoms with van der Waals surface area (Å²) in [5, 5.41) is 0. The number of halogens is 7. The molecular weight excluding hydrogens is 457 g/mol. The third-order valence-electron chi connectivity index (χ3n) is 6.47. The number of hydrogen-bond acceptors (Lipinski definition) is 3. The van der Waals surface area contributed by atoms with Gasteiger partial charge < -0.3 is 15.6 Å². The summed E-state index contributed by atoms with van der Waals surface area (Å²) >= 11 is 0. The molecule has 2 aromatic rings. The van der Waals surface area contributed by atoms with Crippen LogP contribution in [-0.4, -0.2) is 52.1 Å². The number of aromatic amines is 1. The Morgan fingerprint density at radius 3 is 2.36 bits per heavy atom. The molecule has 1 amide bonds. The number of alkyl halides is 6. The molecule has 2 aliphatic rings. The van der Waals surface area contributed by atoms with Gasteiger partial charge in [0, 0.05) is 24.8 Å². The van der Waals surface area contributed by atoms with E-state index in [1.54, 1.807) is 0 Å². The van der Waals surface area contributed by atoms with Crippen LogP contribution in [-0.2, 0) is 4.79 Å². The molecule has 2 heterocycles. The molecule has 0 spiro atoms. The number of amides is 1. The summed E-state index contributed by atoms with van der Waals surface area (Å²) in [4.78, 5) is 20.3. The summed E-state index contributed by atoms with van der Waals surface area (Å²) in [7, 11) is 0. The summed E-state index contributed by atoms with van der Waals surface area (Å²) in [6, 6.07) is 1.73. The van der Waals surface area contributed by atoms with Crippen molar-refractivity contribution in [2.24, 2.45) is 11.7 Å². The molecular formula is C21H23F7N4O. The predicted molar refractivity (Wildman–Crippen MR) is 105 cm³/mol. The number of nitrogens with zero attached hydrogens (tertiary/aromatic N) is 2. The van der Waals surface area contributed by atoms with E-state index in [9.17, 15) is 31.1 Å². The molecule has 3 N–H and O–H groups in total. The maximum Gasteiger partial charge on any atom is 0.282 e. The molecule has 2 fully saturated rings. The fraction of sp³-hybridized carbons (Fsp3) is 0.619. The molecule has 2 atom stereocenters. The summed E-state index contributed by atoms with van der Waals surface area (Å²) in [6.07, 6.45) is -4.28. The Hall–Kier alpha value is -2.37. The molecule has 4 rings (SSSR count). The monoisotopic (exact) mass is 480 g/mol. The fourth-order valence-electron chi connectivity index (χ4n) is 4.58. The van der Waals surface area contributed by atoms with E-state index in [-0.39, 0.29) is 54.0 Å². The molecule has 0 bridgehead atoms. The van der Waals surface area contributed by atoms with Crippen LogP contribution in [0.4, 0.5) is 30.7 Å². The number of fused-ring (bicyclic) bond motifs is 1. The zero-order valence-electron chi connectivity index (χ0n) is 17.4. The second-order valence-electron chi connectivity index (χ2n) is 8.94. The SMILES string of the molecule is N[C@H](c1nc2c(F)c([C@H](CC(F)F)C(=O)N3CC(F)(F)C3)ccc2[nH]1)C1CCC(F)(F)CC1. The van der Waals surface area contributed by atoms with Gasteiger partial charge in [0.05, 0.1) is 30.6 Å². The quantitative estimate of drug-likeness (QED) is 0.587. The first-order chi connectivity index (χ1) is 15.4. The number of nitrogens with two attached hydrogens (primary N) is 1. The average molecular weight is 480 g/mol. The number of nitrogens with one attached hydrogen (secondary N) is 1. The normalized spacial score (nSPS) is 22.4. The van der Waals surface area contributed by atoms with Crippen molar-refractivity contribution in [3.63, 3.8) is 0 Å². The molecule has 0 radical (unpaired) electrons. The van der Waals surface area contributed by atoms with Gasteiger partial charge >= 0.3 is 0 Å². The van der Waals surface area contributed by atoms with Crippen molar-refractivity contribution in [3.8, 4) is 0 Å². The van der Waals surface area contributed by atoms with Crippen molar-refractivity contribution in [1.29, 1.82) is 0 Å². The number of imidazole rings is 1. The summed E-state index contributed by atoms with van der Waals surface area (Å²) in [5.74, 6) is -9.65. The minimum absolute atomic E-state index is 0.162. The van der Waals surface area contributed by atoms with Crippen LogP contribution < -0.4 is 5.73 Å². The lowest BCUT2D eigenvalue weighted by molar-refractivity contribution is -0.168. The number of carbonyl (C=O) groups excluding carboxylic acids is 1. The lowest BCUT2D eigenvalue weighted by Gasteiger charge is -2.40. The number of hydrogen-bond donors (Lipinski definition) is 2. The third kappa shape index (κ3) is 4.80. The standard InChI is InChI=1S/C21H23F7N4O/c22-14(23)7-12(19(33)32-8-21(27,28)9-32)11-1-2-13-17(15(11)24)31-18(30-13)16(29)10-3-5-20(25,26)6-4-10/h1-2,10,12,14,16H,3-9,29H2,(H,30,31)/t12-,16-/m0/s1. The van der Waals surface area contributed by atoms with Crippen molar-refractivity contribution < 1.29 is 35.5 Å². The van der Waals surface area contributed by atoms with E-state index < -0.39 is 61.5 Å². The molecule has 182 valence electrons. The smallest absolute Gasteiger partial charge is 0.282 e. The van der Waals surface area contributed by atoms with Gasteiger partial charge in [0.25, 0.3) is 5.92 Å². The molecule has 1 saturated carbocycles. The average Bonchev–Trinajstić information content (AvgIpc) is 3.15. The molecule has 1 aliphatic carbocycles. The van der Waals surface area contributed by atoms with Crippen molar-refractivity contribution in [2.45, 2.75) is 62.3 Å². The van der Waals surface area contributed by atoms with Gasteiger partial charge in [-0.25, -0.2) is 35.7 Å². The minimum atomic E-state index is -3.09. The van der Waals surface area contributed by atoms with E-state index in [4.69, 9.17) is 5.73 Å². The highest BCUT2D eigenvalue weighted by Gasteiger charge is 2.48. The highest BCUT2D eigenvalue weighted by Crippen LogP contribution is 2.41. The van der Waals surface area contributed by atoms with Crippen LogP contribution >= 0.6 is 0 Å². The Labute approximate surface area is 184 Å². The largest absolute Gasteiger partial charge is 0.341 e. The minimum Gasteiger partial charge on any atom is -0.341 e. The molecule has 1 aromatic carbocycles. The Kier molecular flexibility index (Phi) is 6.08. The van der Waals surface area contributed by atoms with Crippen molar-refractivity contribution in [1.82, 2.24) is 14.9 Å². The first-order valence-corrected chi connectivity index (χ1v) is 10.6. The Morgan fingerprint density at radius 2 is 1.79 bits per heavy atom. The van der Waals surface area contributed by atoms with Gasteiger partial charge in [-0.2, -0.15) is 0 Å².